The Labute approximate surface area is 158 Å². The third-order valence-electron chi connectivity index (χ3n) is 4.48. The summed E-state index contributed by atoms with van der Waals surface area (Å²) in [6, 6.07) is 15.5. The maximum Gasteiger partial charge on any atom is 0.322 e. The second kappa shape index (κ2) is 8.56. The quantitative estimate of drug-likeness (QED) is 0.842. The van der Waals surface area contributed by atoms with Gasteiger partial charge in [-0.2, -0.15) is 0 Å². The molecule has 0 spiro atoms. The molecule has 25 heavy (non-hydrogen) atoms. The van der Waals surface area contributed by atoms with Gasteiger partial charge in [0.1, 0.15) is 0 Å². The molecule has 1 saturated heterocycles. The average molecular weight is 379 g/mol. The third kappa shape index (κ3) is 5.36. The average Bonchev–Trinajstić information content (AvgIpc) is 2.60. The van der Waals surface area contributed by atoms with E-state index >= 15 is 0 Å². The van der Waals surface area contributed by atoms with E-state index in [9.17, 15) is 4.79 Å². The third-order valence-corrected chi connectivity index (χ3v) is 4.92. The molecule has 2 aromatic rings. The first-order chi connectivity index (χ1) is 12.1. The predicted octanol–water partition coefficient (Wildman–Crippen LogP) is 2.97. The summed E-state index contributed by atoms with van der Waals surface area (Å²) >= 11 is 11.9. The highest BCUT2D eigenvalue weighted by molar-refractivity contribution is 6.35. The number of benzene rings is 2. The molecule has 0 unspecified atom stereocenters. The highest BCUT2D eigenvalue weighted by atomic mass is 35.5. The fourth-order valence-electron chi connectivity index (χ4n) is 3.07. The van der Waals surface area contributed by atoms with Crippen LogP contribution in [0, 0.1) is 0 Å². The van der Waals surface area contributed by atoms with E-state index in [2.05, 4.69) is 29.6 Å². The summed E-state index contributed by atoms with van der Waals surface area (Å²) in [5.74, 6) is 0. The largest absolute Gasteiger partial charge is 0.332 e. The van der Waals surface area contributed by atoms with E-state index in [0.717, 1.165) is 39.1 Å². The van der Waals surface area contributed by atoms with Gasteiger partial charge in [0.25, 0.3) is 0 Å². The fraction of sp³-hybridized carbons (Fsp3) is 0.316. The van der Waals surface area contributed by atoms with Gasteiger partial charge in [0.15, 0.2) is 0 Å². The molecule has 1 fully saturated rings. The van der Waals surface area contributed by atoms with Gasteiger partial charge in [-0.3, -0.25) is 0 Å². The van der Waals surface area contributed by atoms with Gasteiger partial charge >= 0.3 is 6.03 Å². The molecule has 2 N–H and O–H groups in total. The van der Waals surface area contributed by atoms with Crippen LogP contribution in [0.3, 0.4) is 0 Å². The van der Waals surface area contributed by atoms with Crippen LogP contribution in [-0.2, 0) is 6.42 Å². The Hall–Kier alpha value is -1.75. The monoisotopic (exact) mass is 378 g/mol. The second-order valence-electron chi connectivity index (χ2n) is 6.31. The molecule has 1 heterocycles. The molecular weight excluding hydrogens is 357 g/mol. The lowest BCUT2D eigenvalue weighted by atomic mass is 10.1. The van der Waals surface area contributed by atoms with E-state index < -0.39 is 0 Å². The van der Waals surface area contributed by atoms with Crippen molar-refractivity contribution in [3.63, 3.8) is 0 Å². The SMILES string of the molecule is O=C(Nc1cc(Cl)cc(Cl)c1)N1CC[NH+](CCc2ccccc2)CC1. The molecule has 6 heteroatoms. The van der Waals surface area contributed by atoms with Crippen molar-refractivity contribution >= 4 is 34.9 Å². The molecule has 0 aromatic heterocycles. The van der Waals surface area contributed by atoms with E-state index in [1.807, 2.05) is 11.0 Å². The van der Waals surface area contributed by atoms with Crippen LogP contribution >= 0.6 is 23.2 Å². The van der Waals surface area contributed by atoms with Crippen molar-refractivity contribution < 1.29 is 9.69 Å². The number of carbonyl (C=O) groups is 1. The van der Waals surface area contributed by atoms with Crippen LogP contribution in [0.15, 0.2) is 48.5 Å². The second-order valence-corrected chi connectivity index (χ2v) is 7.18. The maximum absolute atomic E-state index is 12.4. The highest BCUT2D eigenvalue weighted by Gasteiger charge is 2.23. The predicted molar refractivity (Wildman–Crippen MR) is 103 cm³/mol. The minimum Gasteiger partial charge on any atom is -0.332 e. The number of hydrogen-bond acceptors (Lipinski definition) is 1. The van der Waals surface area contributed by atoms with Crippen molar-refractivity contribution in [2.24, 2.45) is 0 Å². The summed E-state index contributed by atoms with van der Waals surface area (Å²) in [6.45, 7) is 4.55. The van der Waals surface area contributed by atoms with Gasteiger partial charge in [0.2, 0.25) is 0 Å². The van der Waals surface area contributed by atoms with Crippen molar-refractivity contribution in [3.8, 4) is 0 Å². The summed E-state index contributed by atoms with van der Waals surface area (Å²) in [6.07, 6.45) is 1.07. The lowest BCUT2D eigenvalue weighted by Gasteiger charge is -2.32. The number of carbonyl (C=O) groups excluding carboxylic acids is 1. The molecule has 132 valence electrons. The fourth-order valence-corrected chi connectivity index (χ4v) is 3.60. The molecular formula is C19H22Cl2N3O+. The summed E-state index contributed by atoms with van der Waals surface area (Å²) in [7, 11) is 0. The van der Waals surface area contributed by atoms with Gasteiger partial charge in [-0.1, -0.05) is 53.5 Å². The number of anilines is 1. The Kier molecular flexibility index (Phi) is 6.19. The van der Waals surface area contributed by atoms with Gasteiger partial charge in [-0.05, 0) is 23.8 Å². The standard InChI is InChI=1S/C19H21Cl2N3O/c20-16-12-17(21)14-18(13-16)22-19(25)24-10-8-23(9-11-24)7-6-15-4-2-1-3-5-15/h1-5,12-14H,6-11H2,(H,22,25)/p+1. The number of nitrogens with zero attached hydrogens (tertiary/aromatic N) is 1. The molecule has 0 saturated carbocycles. The van der Waals surface area contributed by atoms with Crippen LogP contribution in [0.2, 0.25) is 10.0 Å². The number of amides is 2. The van der Waals surface area contributed by atoms with Crippen LogP contribution in [0.1, 0.15) is 5.56 Å². The van der Waals surface area contributed by atoms with E-state index in [-0.39, 0.29) is 6.03 Å². The number of rotatable bonds is 4. The molecule has 3 rings (SSSR count). The number of urea groups is 1. The van der Waals surface area contributed by atoms with Crippen LogP contribution in [0.4, 0.5) is 10.5 Å². The first-order valence-corrected chi connectivity index (χ1v) is 9.25. The Morgan fingerprint density at radius 3 is 2.32 bits per heavy atom. The summed E-state index contributed by atoms with van der Waals surface area (Å²) < 4.78 is 0. The molecule has 0 aliphatic carbocycles. The van der Waals surface area contributed by atoms with E-state index in [1.54, 1.807) is 23.1 Å². The van der Waals surface area contributed by atoms with Gasteiger partial charge in [0.05, 0.1) is 32.7 Å². The lowest BCUT2D eigenvalue weighted by molar-refractivity contribution is -0.903. The minimum atomic E-state index is -0.0968. The number of hydrogen-bond donors (Lipinski definition) is 2. The Morgan fingerprint density at radius 2 is 1.68 bits per heavy atom. The number of piperazine rings is 1. The molecule has 2 amide bonds. The number of quaternary nitrogens is 1. The van der Waals surface area contributed by atoms with Crippen molar-refractivity contribution in [1.29, 1.82) is 0 Å². The molecule has 0 atom stereocenters. The molecule has 1 aliphatic heterocycles. The first-order valence-electron chi connectivity index (χ1n) is 8.50. The number of nitrogens with one attached hydrogen (secondary N) is 2. The van der Waals surface area contributed by atoms with Gasteiger partial charge in [-0.25, -0.2) is 4.79 Å². The first kappa shape index (κ1) is 18.1. The number of halogens is 2. The van der Waals surface area contributed by atoms with Crippen LogP contribution in [0.5, 0.6) is 0 Å². The topological polar surface area (TPSA) is 36.8 Å². The van der Waals surface area contributed by atoms with Crippen LogP contribution < -0.4 is 10.2 Å². The zero-order chi connectivity index (χ0) is 17.6. The van der Waals surface area contributed by atoms with E-state index in [1.165, 1.54) is 5.56 Å². The molecule has 0 bridgehead atoms. The van der Waals surface area contributed by atoms with Gasteiger partial charge < -0.3 is 15.1 Å². The summed E-state index contributed by atoms with van der Waals surface area (Å²) in [5, 5.41) is 3.90. The Balaban J connectivity index is 1.46. The smallest absolute Gasteiger partial charge is 0.322 e. The van der Waals surface area contributed by atoms with Crippen molar-refractivity contribution in [3.05, 3.63) is 64.1 Å². The van der Waals surface area contributed by atoms with Crippen molar-refractivity contribution in [1.82, 2.24) is 4.90 Å². The zero-order valence-electron chi connectivity index (χ0n) is 14.0. The van der Waals surface area contributed by atoms with E-state index in [4.69, 9.17) is 23.2 Å². The maximum atomic E-state index is 12.4. The van der Waals surface area contributed by atoms with Crippen LogP contribution in [-0.4, -0.2) is 43.7 Å². The van der Waals surface area contributed by atoms with Crippen molar-refractivity contribution in [2.45, 2.75) is 6.42 Å². The van der Waals surface area contributed by atoms with Crippen LogP contribution in [0.25, 0.3) is 0 Å². The summed E-state index contributed by atoms with van der Waals surface area (Å²) in [5.41, 5.74) is 1.99. The van der Waals surface area contributed by atoms with Gasteiger partial charge in [0, 0.05) is 22.2 Å². The Bertz CT molecular complexity index is 696. The molecule has 0 radical (unpaired) electrons. The summed E-state index contributed by atoms with van der Waals surface area (Å²) in [4.78, 5) is 15.8. The lowest BCUT2D eigenvalue weighted by Crippen LogP contribution is -3.15. The van der Waals surface area contributed by atoms with E-state index in [0.29, 0.717) is 15.7 Å². The highest BCUT2D eigenvalue weighted by Crippen LogP contribution is 2.22. The Morgan fingerprint density at radius 1 is 1.04 bits per heavy atom. The molecule has 2 aromatic carbocycles. The van der Waals surface area contributed by atoms with Crippen molar-refractivity contribution in [2.75, 3.05) is 38.0 Å². The molecule has 4 nitrogen and oxygen atoms in total. The zero-order valence-corrected chi connectivity index (χ0v) is 15.5. The minimum absolute atomic E-state index is 0.0968. The normalized spacial score (nSPS) is 15.2. The molecule has 1 aliphatic rings. The van der Waals surface area contributed by atoms with Gasteiger partial charge in [-0.15, -0.1) is 0 Å².